The minimum absolute atomic E-state index is 0.0715. The predicted molar refractivity (Wildman–Crippen MR) is 79.4 cm³/mol. The van der Waals surface area contributed by atoms with E-state index < -0.39 is 0 Å². The van der Waals surface area contributed by atoms with Crippen LogP contribution < -0.4 is 10.6 Å². The number of nitrogens with one attached hydrogen (secondary N) is 2. The maximum atomic E-state index is 12.2. The van der Waals surface area contributed by atoms with E-state index in [1.165, 1.54) is 0 Å². The summed E-state index contributed by atoms with van der Waals surface area (Å²) < 4.78 is 0. The zero-order valence-corrected chi connectivity index (χ0v) is 12.6. The number of carbonyl (C=O) groups is 1. The van der Waals surface area contributed by atoms with Crippen molar-refractivity contribution in [3.05, 3.63) is 24.0 Å². The van der Waals surface area contributed by atoms with Gasteiger partial charge in [-0.1, -0.05) is 27.7 Å². The largest absolute Gasteiger partial charge is 0.385 e. The van der Waals surface area contributed by atoms with Gasteiger partial charge in [-0.3, -0.25) is 9.78 Å². The predicted octanol–water partition coefficient (Wildman–Crippen LogP) is 2.93. The summed E-state index contributed by atoms with van der Waals surface area (Å²) >= 11 is 0. The number of hydrogen-bond donors (Lipinski definition) is 2. The standard InChI is InChI=1S/C15H25N3O/c1-6-17-13-7-8-16-9-12(13)14(19)18-10-15(4,5)11(2)3/h7-9,11H,6,10H2,1-5H3,(H,16,17)(H,18,19). The van der Waals surface area contributed by atoms with Crippen LogP contribution in [0.4, 0.5) is 5.69 Å². The third kappa shape index (κ3) is 4.23. The second kappa shape index (κ2) is 6.55. The van der Waals surface area contributed by atoms with Crippen LogP contribution in [0.5, 0.6) is 0 Å². The van der Waals surface area contributed by atoms with Gasteiger partial charge in [0, 0.05) is 25.5 Å². The molecule has 1 amide bonds. The van der Waals surface area contributed by atoms with Gasteiger partial charge in [-0.2, -0.15) is 0 Å². The number of hydrogen-bond acceptors (Lipinski definition) is 3. The van der Waals surface area contributed by atoms with Gasteiger partial charge in [0.15, 0.2) is 0 Å². The molecule has 0 bridgehead atoms. The molecule has 0 aliphatic heterocycles. The second-order valence-corrected chi connectivity index (χ2v) is 5.78. The van der Waals surface area contributed by atoms with Gasteiger partial charge in [0.05, 0.1) is 11.3 Å². The number of anilines is 1. The van der Waals surface area contributed by atoms with Crippen LogP contribution in [0.3, 0.4) is 0 Å². The quantitative estimate of drug-likeness (QED) is 0.829. The van der Waals surface area contributed by atoms with Crippen LogP contribution in [0.15, 0.2) is 18.5 Å². The van der Waals surface area contributed by atoms with Crippen molar-refractivity contribution in [1.82, 2.24) is 10.3 Å². The lowest BCUT2D eigenvalue weighted by molar-refractivity contribution is 0.0925. The summed E-state index contributed by atoms with van der Waals surface area (Å²) in [6.07, 6.45) is 3.29. The monoisotopic (exact) mass is 263 g/mol. The first-order valence-electron chi connectivity index (χ1n) is 6.84. The summed E-state index contributed by atoms with van der Waals surface area (Å²) in [7, 11) is 0. The molecule has 4 heteroatoms. The highest BCUT2D eigenvalue weighted by Crippen LogP contribution is 2.25. The number of pyridine rings is 1. The van der Waals surface area contributed by atoms with Crippen molar-refractivity contribution in [2.45, 2.75) is 34.6 Å². The van der Waals surface area contributed by atoms with Gasteiger partial charge < -0.3 is 10.6 Å². The van der Waals surface area contributed by atoms with E-state index in [0.717, 1.165) is 12.2 Å². The van der Waals surface area contributed by atoms with Gasteiger partial charge in [0.2, 0.25) is 0 Å². The van der Waals surface area contributed by atoms with Crippen molar-refractivity contribution in [2.24, 2.45) is 11.3 Å². The van der Waals surface area contributed by atoms with E-state index in [9.17, 15) is 4.79 Å². The van der Waals surface area contributed by atoms with E-state index in [4.69, 9.17) is 0 Å². The Kier molecular flexibility index (Phi) is 5.33. The smallest absolute Gasteiger partial charge is 0.254 e. The first-order valence-corrected chi connectivity index (χ1v) is 6.84. The molecular weight excluding hydrogens is 238 g/mol. The highest BCUT2D eigenvalue weighted by atomic mass is 16.1. The first kappa shape index (κ1) is 15.5. The molecular formula is C15H25N3O. The Bertz CT molecular complexity index is 427. The number of amides is 1. The van der Waals surface area contributed by atoms with Crippen molar-refractivity contribution < 1.29 is 4.79 Å². The minimum Gasteiger partial charge on any atom is -0.385 e. The van der Waals surface area contributed by atoms with Gasteiger partial charge in [0.1, 0.15) is 0 Å². The Hall–Kier alpha value is -1.58. The molecule has 0 aliphatic carbocycles. The highest BCUT2D eigenvalue weighted by Gasteiger charge is 2.23. The molecule has 4 nitrogen and oxygen atoms in total. The number of aromatic nitrogens is 1. The molecule has 1 rings (SSSR count). The van der Waals surface area contributed by atoms with Crippen molar-refractivity contribution in [1.29, 1.82) is 0 Å². The molecule has 0 aliphatic rings. The normalized spacial score (nSPS) is 11.5. The molecule has 19 heavy (non-hydrogen) atoms. The third-order valence-electron chi connectivity index (χ3n) is 3.70. The molecule has 1 heterocycles. The molecule has 0 fully saturated rings. The molecule has 106 valence electrons. The Morgan fingerprint density at radius 3 is 2.68 bits per heavy atom. The third-order valence-corrected chi connectivity index (χ3v) is 3.70. The van der Waals surface area contributed by atoms with Crippen LogP contribution in [-0.2, 0) is 0 Å². The lowest BCUT2D eigenvalue weighted by Gasteiger charge is -2.29. The van der Waals surface area contributed by atoms with Crippen LogP contribution in [-0.4, -0.2) is 24.0 Å². The van der Waals surface area contributed by atoms with Crippen LogP contribution in [0.2, 0.25) is 0 Å². The molecule has 0 aromatic carbocycles. The van der Waals surface area contributed by atoms with Gasteiger partial charge in [-0.05, 0) is 24.3 Å². The molecule has 0 atom stereocenters. The molecule has 0 spiro atoms. The Labute approximate surface area is 116 Å². The minimum atomic E-state index is -0.0715. The molecule has 0 saturated carbocycles. The Morgan fingerprint density at radius 2 is 2.11 bits per heavy atom. The van der Waals surface area contributed by atoms with E-state index in [1.807, 2.05) is 13.0 Å². The first-order chi connectivity index (χ1) is 8.88. The van der Waals surface area contributed by atoms with E-state index in [0.29, 0.717) is 18.0 Å². The maximum Gasteiger partial charge on any atom is 0.254 e. The van der Waals surface area contributed by atoms with Crippen molar-refractivity contribution >= 4 is 11.6 Å². The van der Waals surface area contributed by atoms with E-state index >= 15 is 0 Å². The molecule has 0 saturated heterocycles. The van der Waals surface area contributed by atoms with E-state index in [2.05, 4.69) is 43.3 Å². The lowest BCUT2D eigenvalue weighted by atomic mass is 9.81. The summed E-state index contributed by atoms with van der Waals surface area (Å²) in [6, 6.07) is 1.83. The molecule has 1 aromatic rings. The average Bonchev–Trinajstić information content (AvgIpc) is 2.37. The zero-order chi connectivity index (χ0) is 14.5. The van der Waals surface area contributed by atoms with Crippen LogP contribution in [0.1, 0.15) is 45.0 Å². The number of nitrogens with zero attached hydrogens (tertiary/aromatic N) is 1. The van der Waals surface area contributed by atoms with Crippen molar-refractivity contribution in [3.63, 3.8) is 0 Å². The summed E-state index contributed by atoms with van der Waals surface area (Å²) in [5.74, 6) is 0.438. The number of carbonyl (C=O) groups excluding carboxylic acids is 1. The van der Waals surface area contributed by atoms with Crippen LogP contribution in [0.25, 0.3) is 0 Å². The van der Waals surface area contributed by atoms with Gasteiger partial charge >= 0.3 is 0 Å². The van der Waals surface area contributed by atoms with E-state index in [-0.39, 0.29) is 11.3 Å². The summed E-state index contributed by atoms with van der Waals surface area (Å²) in [6.45, 7) is 12.1. The SMILES string of the molecule is CCNc1ccncc1C(=O)NCC(C)(C)C(C)C. The van der Waals surface area contributed by atoms with Crippen LogP contribution >= 0.6 is 0 Å². The Balaban J connectivity index is 2.74. The van der Waals surface area contributed by atoms with Crippen molar-refractivity contribution in [2.75, 3.05) is 18.4 Å². The zero-order valence-electron chi connectivity index (χ0n) is 12.6. The fraction of sp³-hybridized carbons (Fsp3) is 0.600. The topological polar surface area (TPSA) is 54.0 Å². The molecule has 1 aromatic heterocycles. The van der Waals surface area contributed by atoms with Gasteiger partial charge in [0.25, 0.3) is 5.91 Å². The lowest BCUT2D eigenvalue weighted by Crippen LogP contribution is -2.37. The fourth-order valence-electron chi connectivity index (χ4n) is 1.53. The molecule has 0 unspecified atom stereocenters. The maximum absolute atomic E-state index is 12.2. The van der Waals surface area contributed by atoms with Gasteiger partial charge in [-0.15, -0.1) is 0 Å². The van der Waals surface area contributed by atoms with E-state index in [1.54, 1.807) is 12.4 Å². The Morgan fingerprint density at radius 1 is 1.42 bits per heavy atom. The molecule has 2 N–H and O–H groups in total. The summed E-state index contributed by atoms with van der Waals surface area (Å²) in [5.41, 5.74) is 1.51. The van der Waals surface area contributed by atoms with Crippen molar-refractivity contribution in [3.8, 4) is 0 Å². The van der Waals surface area contributed by atoms with Crippen LogP contribution in [0, 0.1) is 11.3 Å². The summed E-state index contributed by atoms with van der Waals surface area (Å²) in [5, 5.41) is 6.18. The fourth-order valence-corrected chi connectivity index (χ4v) is 1.53. The van der Waals surface area contributed by atoms with Gasteiger partial charge in [-0.25, -0.2) is 0 Å². The summed E-state index contributed by atoms with van der Waals surface area (Å²) in [4.78, 5) is 16.2. The molecule has 0 radical (unpaired) electrons. The average molecular weight is 263 g/mol. The number of rotatable bonds is 6. The second-order valence-electron chi connectivity index (χ2n) is 5.78. The highest BCUT2D eigenvalue weighted by molar-refractivity contribution is 5.99.